The molecular weight excluding hydrogens is 274 g/mol. The first-order valence-corrected chi connectivity index (χ1v) is 9.62. The van der Waals surface area contributed by atoms with Crippen molar-refractivity contribution in [1.82, 2.24) is 4.90 Å². The van der Waals surface area contributed by atoms with Gasteiger partial charge in [-0.3, -0.25) is 4.79 Å². The highest BCUT2D eigenvalue weighted by atomic mass is 16.5. The highest BCUT2D eigenvalue weighted by Crippen LogP contribution is 2.14. The van der Waals surface area contributed by atoms with Crippen LogP contribution in [0.2, 0.25) is 0 Å². The first-order chi connectivity index (χ1) is 10.8. The molecule has 0 bridgehead atoms. The number of hydrogen-bond donors (Lipinski definition) is 0. The second kappa shape index (κ2) is 14.0. The number of carbonyl (C=O) groups is 1. The van der Waals surface area contributed by atoms with Gasteiger partial charge in [0.15, 0.2) is 0 Å². The van der Waals surface area contributed by atoms with Gasteiger partial charge in [-0.1, -0.05) is 70.6 Å². The van der Waals surface area contributed by atoms with Crippen LogP contribution < -0.4 is 0 Å². The maximum atomic E-state index is 11.3. The molecule has 0 aliphatic carbocycles. The van der Waals surface area contributed by atoms with E-state index in [1.54, 1.807) is 0 Å². The maximum Gasteiger partial charge on any atom is 0.306 e. The van der Waals surface area contributed by atoms with Crippen LogP contribution in [-0.4, -0.2) is 37.6 Å². The van der Waals surface area contributed by atoms with Crippen molar-refractivity contribution in [2.24, 2.45) is 0 Å². The van der Waals surface area contributed by atoms with Crippen molar-refractivity contribution in [1.29, 1.82) is 0 Å². The number of esters is 1. The van der Waals surface area contributed by atoms with Gasteiger partial charge in [0.25, 0.3) is 0 Å². The third-order valence-electron chi connectivity index (χ3n) is 4.81. The maximum absolute atomic E-state index is 11.3. The number of methoxy groups -OCH3 is 1. The quantitative estimate of drug-likeness (QED) is 0.692. The fourth-order valence-corrected chi connectivity index (χ4v) is 3.30. The monoisotopic (exact) mass is 311 g/mol. The summed E-state index contributed by atoms with van der Waals surface area (Å²) in [7, 11) is 1.48. The SMILES string of the molecule is COC(=O)CCN1CCCCCCCCCCCCCCC1. The Morgan fingerprint density at radius 3 is 1.45 bits per heavy atom. The summed E-state index contributed by atoms with van der Waals surface area (Å²) in [5.41, 5.74) is 0. The first kappa shape index (κ1) is 19.5. The van der Waals surface area contributed by atoms with E-state index >= 15 is 0 Å². The van der Waals surface area contributed by atoms with Crippen molar-refractivity contribution >= 4 is 5.97 Å². The summed E-state index contributed by atoms with van der Waals surface area (Å²) in [6.07, 6.45) is 18.5. The minimum Gasteiger partial charge on any atom is -0.469 e. The van der Waals surface area contributed by atoms with Crippen molar-refractivity contribution in [2.75, 3.05) is 26.7 Å². The summed E-state index contributed by atoms with van der Waals surface area (Å²) < 4.78 is 4.77. The Balaban J connectivity index is 2.27. The van der Waals surface area contributed by atoms with Crippen LogP contribution in [0.15, 0.2) is 0 Å². The Labute approximate surface area is 137 Å². The predicted octanol–water partition coefficient (Wildman–Crippen LogP) is 4.94. The number of nitrogens with zero attached hydrogens (tertiary/aromatic N) is 1. The largest absolute Gasteiger partial charge is 0.469 e. The third-order valence-corrected chi connectivity index (χ3v) is 4.81. The van der Waals surface area contributed by atoms with Crippen LogP contribution in [0.5, 0.6) is 0 Å². The van der Waals surface area contributed by atoms with Gasteiger partial charge < -0.3 is 9.64 Å². The molecule has 0 radical (unpaired) electrons. The summed E-state index contributed by atoms with van der Waals surface area (Å²) in [5, 5.41) is 0. The van der Waals surface area contributed by atoms with Crippen LogP contribution in [0.25, 0.3) is 0 Å². The van der Waals surface area contributed by atoms with Gasteiger partial charge in [-0.25, -0.2) is 0 Å². The first-order valence-electron chi connectivity index (χ1n) is 9.62. The smallest absolute Gasteiger partial charge is 0.306 e. The zero-order valence-electron chi connectivity index (χ0n) is 14.8. The standard InChI is InChI=1S/C19H37NO2/c1-22-19(21)15-18-20-16-13-11-9-7-5-3-2-4-6-8-10-12-14-17-20/h2-18H2,1H3. The molecule has 1 rings (SSSR count). The number of ether oxygens (including phenoxy) is 1. The zero-order chi connectivity index (χ0) is 15.9. The molecule has 1 aliphatic rings. The zero-order valence-corrected chi connectivity index (χ0v) is 14.8. The van der Waals surface area contributed by atoms with Gasteiger partial charge in [0.2, 0.25) is 0 Å². The lowest BCUT2D eigenvalue weighted by molar-refractivity contribution is -0.141. The number of hydrogen-bond acceptors (Lipinski definition) is 3. The van der Waals surface area contributed by atoms with Gasteiger partial charge in [0.1, 0.15) is 0 Å². The molecule has 0 aromatic rings. The molecule has 0 N–H and O–H groups in total. The van der Waals surface area contributed by atoms with E-state index in [2.05, 4.69) is 4.90 Å². The van der Waals surface area contributed by atoms with Gasteiger partial charge in [0, 0.05) is 6.54 Å². The fourth-order valence-electron chi connectivity index (χ4n) is 3.30. The Bertz CT molecular complexity index is 252. The van der Waals surface area contributed by atoms with Crippen molar-refractivity contribution in [3.8, 4) is 0 Å². The van der Waals surface area contributed by atoms with Crippen LogP contribution in [0.1, 0.15) is 89.9 Å². The minimum atomic E-state index is -0.0767. The second-order valence-corrected chi connectivity index (χ2v) is 6.76. The summed E-state index contributed by atoms with van der Waals surface area (Å²) in [4.78, 5) is 13.8. The second-order valence-electron chi connectivity index (χ2n) is 6.76. The molecule has 1 fully saturated rings. The van der Waals surface area contributed by atoms with Crippen molar-refractivity contribution in [3.63, 3.8) is 0 Å². The molecule has 3 heteroatoms. The molecule has 0 unspecified atom stereocenters. The normalized spacial score (nSPS) is 21.3. The van der Waals surface area contributed by atoms with E-state index in [9.17, 15) is 4.79 Å². The molecular formula is C19H37NO2. The van der Waals surface area contributed by atoms with Crippen LogP contribution in [-0.2, 0) is 9.53 Å². The van der Waals surface area contributed by atoms with Gasteiger partial charge in [-0.15, -0.1) is 0 Å². The lowest BCUT2D eigenvalue weighted by Crippen LogP contribution is -2.29. The fraction of sp³-hybridized carbons (Fsp3) is 0.947. The lowest BCUT2D eigenvalue weighted by atomic mass is 10.0. The van der Waals surface area contributed by atoms with Crippen LogP contribution in [0.4, 0.5) is 0 Å². The van der Waals surface area contributed by atoms with Crippen LogP contribution >= 0.6 is 0 Å². The summed E-state index contributed by atoms with van der Waals surface area (Å²) in [6.45, 7) is 3.17. The molecule has 0 aromatic carbocycles. The van der Waals surface area contributed by atoms with Crippen LogP contribution in [0, 0.1) is 0 Å². The average molecular weight is 312 g/mol. The van der Waals surface area contributed by atoms with Crippen molar-refractivity contribution in [2.45, 2.75) is 89.9 Å². The van der Waals surface area contributed by atoms with E-state index in [1.807, 2.05) is 0 Å². The molecule has 1 aliphatic heterocycles. The molecule has 1 heterocycles. The van der Waals surface area contributed by atoms with E-state index < -0.39 is 0 Å². The Hall–Kier alpha value is -0.570. The summed E-state index contributed by atoms with van der Waals surface area (Å²) in [5.74, 6) is -0.0767. The van der Waals surface area contributed by atoms with Crippen LogP contribution in [0.3, 0.4) is 0 Å². The Morgan fingerprint density at radius 1 is 0.727 bits per heavy atom. The molecule has 0 amide bonds. The summed E-state index contributed by atoms with van der Waals surface area (Å²) >= 11 is 0. The Morgan fingerprint density at radius 2 is 1.09 bits per heavy atom. The Kier molecular flexibility index (Phi) is 12.4. The third kappa shape index (κ3) is 11.1. The molecule has 0 saturated carbocycles. The van der Waals surface area contributed by atoms with E-state index in [0.717, 1.165) is 19.6 Å². The number of rotatable bonds is 3. The van der Waals surface area contributed by atoms with Gasteiger partial charge in [-0.05, 0) is 25.9 Å². The van der Waals surface area contributed by atoms with E-state index in [4.69, 9.17) is 4.74 Å². The van der Waals surface area contributed by atoms with Gasteiger partial charge >= 0.3 is 5.97 Å². The highest BCUT2D eigenvalue weighted by Gasteiger charge is 2.08. The summed E-state index contributed by atoms with van der Waals surface area (Å²) in [6, 6.07) is 0. The van der Waals surface area contributed by atoms with E-state index in [-0.39, 0.29) is 5.97 Å². The highest BCUT2D eigenvalue weighted by molar-refractivity contribution is 5.69. The molecule has 130 valence electrons. The van der Waals surface area contributed by atoms with E-state index in [0.29, 0.717) is 6.42 Å². The topological polar surface area (TPSA) is 29.5 Å². The van der Waals surface area contributed by atoms with Gasteiger partial charge in [0.05, 0.1) is 13.5 Å². The number of carbonyl (C=O) groups excluding carboxylic acids is 1. The molecule has 22 heavy (non-hydrogen) atoms. The van der Waals surface area contributed by atoms with E-state index in [1.165, 1.54) is 90.6 Å². The molecule has 0 spiro atoms. The molecule has 0 aromatic heterocycles. The predicted molar refractivity (Wildman–Crippen MR) is 93.1 cm³/mol. The molecule has 3 nitrogen and oxygen atoms in total. The minimum absolute atomic E-state index is 0.0767. The van der Waals surface area contributed by atoms with Crippen molar-refractivity contribution in [3.05, 3.63) is 0 Å². The average Bonchev–Trinajstić information content (AvgIpc) is 2.53. The van der Waals surface area contributed by atoms with Gasteiger partial charge in [-0.2, -0.15) is 0 Å². The molecule has 0 atom stereocenters. The lowest BCUT2D eigenvalue weighted by Gasteiger charge is -2.22. The molecule has 1 saturated heterocycles. The van der Waals surface area contributed by atoms with Crippen molar-refractivity contribution < 1.29 is 9.53 Å².